The molecule has 1 rings (SSSR count). The van der Waals surface area contributed by atoms with E-state index in [0.29, 0.717) is 5.02 Å². The molecule has 13 heavy (non-hydrogen) atoms. The lowest BCUT2D eigenvalue weighted by Gasteiger charge is -2.15. The fraction of sp³-hybridized carbons (Fsp3) is 0.400. The van der Waals surface area contributed by atoms with Gasteiger partial charge < -0.3 is 10.8 Å². The lowest BCUT2D eigenvalue weighted by atomic mass is 10.0. The zero-order chi connectivity index (χ0) is 10.0. The Morgan fingerprint density at radius 1 is 1.38 bits per heavy atom. The fourth-order valence-corrected chi connectivity index (χ4v) is 1.53. The molecule has 2 nitrogen and oxygen atoms in total. The smallest absolute Gasteiger partial charge is 0.0704 e. The summed E-state index contributed by atoms with van der Waals surface area (Å²) in [6, 6.07) is 5.21. The van der Waals surface area contributed by atoms with Crippen LogP contribution in [0.15, 0.2) is 18.2 Å². The molecule has 3 heteroatoms. The highest BCUT2D eigenvalue weighted by atomic mass is 35.5. The van der Waals surface area contributed by atoms with E-state index in [-0.39, 0.29) is 6.04 Å². The normalized spacial score (nSPS) is 15.5. The molecule has 0 heterocycles. The van der Waals surface area contributed by atoms with Gasteiger partial charge in [-0.2, -0.15) is 0 Å². The Labute approximate surface area is 83.3 Å². The van der Waals surface area contributed by atoms with Crippen LogP contribution in [0.25, 0.3) is 0 Å². The van der Waals surface area contributed by atoms with E-state index in [4.69, 9.17) is 17.3 Å². The van der Waals surface area contributed by atoms with Crippen molar-refractivity contribution in [3.05, 3.63) is 34.3 Å². The first kappa shape index (κ1) is 10.5. The Hall–Kier alpha value is -0.570. The van der Waals surface area contributed by atoms with E-state index < -0.39 is 6.10 Å². The molecule has 0 aromatic heterocycles. The number of benzene rings is 1. The summed E-state index contributed by atoms with van der Waals surface area (Å²) < 4.78 is 0. The first-order valence-electron chi connectivity index (χ1n) is 4.21. The number of halogens is 1. The number of rotatable bonds is 2. The van der Waals surface area contributed by atoms with Crippen molar-refractivity contribution in [2.75, 3.05) is 0 Å². The van der Waals surface area contributed by atoms with Crippen molar-refractivity contribution < 1.29 is 5.11 Å². The van der Waals surface area contributed by atoms with E-state index in [1.165, 1.54) is 0 Å². The molecule has 0 spiro atoms. The van der Waals surface area contributed by atoms with Crippen LogP contribution in [-0.2, 0) is 0 Å². The molecule has 0 fully saturated rings. The van der Waals surface area contributed by atoms with Gasteiger partial charge in [-0.15, -0.1) is 0 Å². The van der Waals surface area contributed by atoms with Gasteiger partial charge >= 0.3 is 0 Å². The summed E-state index contributed by atoms with van der Waals surface area (Å²) in [5.41, 5.74) is 7.70. The number of hydrogen-bond donors (Lipinski definition) is 2. The minimum atomic E-state index is -0.558. The van der Waals surface area contributed by atoms with Crippen molar-refractivity contribution in [2.45, 2.75) is 26.0 Å². The molecule has 0 amide bonds. The molecule has 0 aliphatic heterocycles. The van der Waals surface area contributed by atoms with Gasteiger partial charge in [0.2, 0.25) is 0 Å². The summed E-state index contributed by atoms with van der Waals surface area (Å²) in [5.74, 6) is 0. The fourth-order valence-electron chi connectivity index (χ4n) is 1.24. The lowest BCUT2D eigenvalue weighted by Crippen LogP contribution is -2.23. The van der Waals surface area contributed by atoms with E-state index in [9.17, 15) is 5.11 Å². The Kier molecular flexibility index (Phi) is 3.31. The molecule has 0 radical (unpaired) electrons. The zero-order valence-electron chi connectivity index (χ0n) is 7.79. The predicted molar refractivity (Wildman–Crippen MR) is 54.8 cm³/mol. The average Bonchev–Trinajstić information content (AvgIpc) is 2.01. The van der Waals surface area contributed by atoms with Gasteiger partial charge in [0, 0.05) is 5.02 Å². The average molecular weight is 200 g/mol. The van der Waals surface area contributed by atoms with Crippen LogP contribution in [0.1, 0.15) is 24.1 Å². The van der Waals surface area contributed by atoms with Gasteiger partial charge in [-0.3, -0.25) is 0 Å². The second kappa shape index (κ2) is 4.09. The number of aliphatic hydroxyl groups excluding tert-OH is 1. The minimum absolute atomic E-state index is 0.364. The van der Waals surface area contributed by atoms with E-state index >= 15 is 0 Å². The zero-order valence-corrected chi connectivity index (χ0v) is 8.55. The molecular weight excluding hydrogens is 186 g/mol. The highest BCUT2D eigenvalue weighted by Gasteiger charge is 2.12. The molecule has 0 bridgehead atoms. The highest BCUT2D eigenvalue weighted by molar-refractivity contribution is 6.30. The largest absolute Gasteiger partial charge is 0.391 e. The van der Waals surface area contributed by atoms with Gasteiger partial charge in [0.25, 0.3) is 0 Å². The van der Waals surface area contributed by atoms with Gasteiger partial charge in [0.05, 0.1) is 12.1 Å². The summed E-state index contributed by atoms with van der Waals surface area (Å²) in [7, 11) is 0. The van der Waals surface area contributed by atoms with Crippen molar-refractivity contribution >= 4 is 11.6 Å². The Morgan fingerprint density at radius 3 is 2.46 bits per heavy atom. The number of nitrogens with two attached hydrogens (primary N) is 1. The summed E-state index contributed by atoms with van der Waals surface area (Å²) in [6.45, 7) is 3.62. The van der Waals surface area contributed by atoms with Crippen molar-refractivity contribution in [3.63, 3.8) is 0 Å². The maximum absolute atomic E-state index is 9.29. The van der Waals surface area contributed by atoms with Gasteiger partial charge in [-0.25, -0.2) is 0 Å². The first-order chi connectivity index (χ1) is 6.00. The Morgan fingerprint density at radius 2 is 2.00 bits per heavy atom. The van der Waals surface area contributed by atoms with Crippen LogP contribution in [0.4, 0.5) is 0 Å². The van der Waals surface area contributed by atoms with Gasteiger partial charge in [0.1, 0.15) is 0 Å². The van der Waals surface area contributed by atoms with Gasteiger partial charge in [0.15, 0.2) is 0 Å². The van der Waals surface area contributed by atoms with E-state index in [2.05, 4.69) is 0 Å². The number of aliphatic hydroxyl groups is 1. The molecule has 1 aromatic rings. The van der Waals surface area contributed by atoms with Crippen LogP contribution in [0.3, 0.4) is 0 Å². The Bertz CT molecular complexity index is 279. The molecule has 0 saturated heterocycles. The summed E-state index contributed by atoms with van der Waals surface area (Å²) in [6.07, 6.45) is -0.558. The quantitative estimate of drug-likeness (QED) is 0.766. The predicted octanol–water partition coefficient (Wildman–Crippen LogP) is 2.03. The van der Waals surface area contributed by atoms with Crippen molar-refractivity contribution in [2.24, 2.45) is 5.73 Å². The van der Waals surface area contributed by atoms with E-state index in [1.54, 1.807) is 13.0 Å². The lowest BCUT2D eigenvalue weighted by molar-refractivity contribution is 0.164. The third kappa shape index (κ3) is 2.69. The van der Waals surface area contributed by atoms with Crippen LogP contribution < -0.4 is 5.73 Å². The molecule has 2 atom stereocenters. The van der Waals surface area contributed by atoms with Gasteiger partial charge in [-0.05, 0) is 37.1 Å². The van der Waals surface area contributed by atoms with Crippen LogP contribution >= 0.6 is 11.6 Å². The molecule has 0 aliphatic rings. The highest BCUT2D eigenvalue weighted by Crippen LogP contribution is 2.20. The maximum atomic E-state index is 9.29. The van der Waals surface area contributed by atoms with Gasteiger partial charge in [-0.1, -0.05) is 17.7 Å². The second-order valence-electron chi connectivity index (χ2n) is 3.33. The molecule has 0 aliphatic carbocycles. The van der Waals surface area contributed by atoms with Crippen LogP contribution in [0, 0.1) is 6.92 Å². The number of aryl methyl sites for hydroxylation is 1. The molecule has 0 unspecified atom stereocenters. The van der Waals surface area contributed by atoms with Crippen molar-refractivity contribution in [1.82, 2.24) is 0 Å². The molecular formula is C10H14ClNO. The monoisotopic (exact) mass is 199 g/mol. The van der Waals surface area contributed by atoms with Crippen molar-refractivity contribution in [1.29, 1.82) is 0 Å². The first-order valence-corrected chi connectivity index (χ1v) is 4.59. The SMILES string of the molecule is Cc1cc(Cl)cc([C@H](N)[C@H](C)O)c1. The van der Waals surface area contributed by atoms with Crippen molar-refractivity contribution in [3.8, 4) is 0 Å². The maximum Gasteiger partial charge on any atom is 0.0704 e. The van der Waals surface area contributed by atoms with Crippen LogP contribution in [-0.4, -0.2) is 11.2 Å². The Balaban J connectivity index is 3.01. The molecule has 3 N–H and O–H groups in total. The molecule has 72 valence electrons. The topological polar surface area (TPSA) is 46.2 Å². The summed E-state index contributed by atoms with van der Waals surface area (Å²) in [4.78, 5) is 0. The molecule has 0 saturated carbocycles. The summed E-state index contributed by atoms with van der Waals surface area (Å²) >= 11 is 5.86. The van der Waals surface area contributed by atoms with Crippen LogP contribution in [0.2, 0.25) is 5.02 Å². The minimum Gasteiger partial charge on any atom is -0.391 e. The van der Waals surface area contributed by atoms with Crippen LogP contribution in [0.5, 0.6) is 0 Å². The third-order valence-corrected chi connectivity index (χ3v) is 2.19. The van der Waals surface area contributed by atoms with E-state index in [1.807, 2.05) is 19.1 Å². The second-order valence-corrected chi connectivity index (χ2v) is 3.76. The summed E-state index contributed by atoms with van der Waals surface area (Å²) in [5, 5.41) is 9.95. The van der Waals surface area contributed by atoms with E-state index in [0.717, 1.165) is 11.1 Å². The molecule has 1 aromatic carbocycles. The standard InChI is InChI=1S/C10H14ClNO/c1-6-3-8(5-9(11)4-6)10(12)7(2)13/h3-5,7,10,13H,12H2,1-2H3/t7-,10+/m0/s1. The third-order valence-electron chi connectivity index (χ3n) is 1.97. The number of hydrogen-bond acceptors (Lipinski definition) is 2.